The molecule has 2 aromatic rings. The molecule has 3 saturated heterocycles. The van der Waals surface area contributed by atoms with Gasteiger partial charge in [0.2, 0.25) is 0 Å². The van der Waals surface area contributed by atoms with Crippen LogP contribution in [0.15, 0.2) is 60.7 Å². The van der Waals surface area contributed by atoms with Gasteiger partial charge >= 0.3 is 23.9 Å². The summed E-state index contributed by atoms with van der Waals surface area (Å²) in [5, 5.41) is 0. The minimum absolute atomic E-state index is 0.0634. The second-order valence-electron chi connectivity index (χ2n) is 9.32. The number of esters is 4. The van der Waals surface area contributed by atoms with Gasteiger partial charge in [-0.25, -0.2) is 4.79 Å². The summed E-state index contributed by atoms with van der Waals surface area (Å²) in [6.07, 6.45) is 1.41. The fourth-order valence-electron chi connectivity index (χ4n) is 5.46. The van der Waals surface area contributed by atoms with Crippen molar-refractivity contribution in [3.8, 4) is 0 Å². The first kappa shape index (κ1) is 23.2. The van der Waals surface area contributed by atoms with Crippen molar-refractivity contribution >= 4 is 23.9 Å². The molecule has 35 heavy (non-hydrogen) atoms. The highest BCUT2D eigenvalue weighted by molar-refractivity contribution is 5.98. The van der Waals surface area contributed by atoms with Crippen LogP contribution in [0.5, 0.6) is 0 Å². The molecule has 2 aromatic carbocycles. The van der Waals surface area contributed by atoms with Crippen molar-refractivity contribution in [3.63, 3.8) is 0 Å². The van der Waals surface area contributed by atoms with Crippen LogP contribution < -0.4 is 0 Å². The van der Waals surface area contributed by atoms with E-state index in [2.05, 4.69) is 0 Å². The highest BCUT2D eigenvalue weighted by Gasteiger charge is 2.72. The zero-order valence-electron chi connectivity index (χ0n) is 19.1. The topological polar surface area (TPSA) is 105 Å². The lowest BCUT2D eigenvalue weighted by Gasteiger charge is -2.31. The van der Waals surface area contributed by atoms with Crippen molar-refractivity contribution < 1.29 is 38.1 Å². The smallest absolute Gasteiger partial charge is 0.338 e. The van der Waals surface area contributed by atoms with E-state index in [0.29, 0.717) is 18.4 Å². The maximum atomic E-state index is 12.5. The Bertz CT molecular complexity index is 1110. The summed E-state index contributed by atoms with van der Waals surface area (Å²) in [6, 6.07) is 18.4. The number of carbonyl (C=O) groups is 4. The van der Waals surface area contributed by atoms with Crippen LogP contribution >= 0.6 is 0 Å². The predicted molar refractivity (Wildman–Crippen MR) is 121 cm³/mol. The van der Waals surface area contributed by atoms with E-state index >= 15 is 0 Å². The lowest BCUT2D eigenvalue weighted by atomic mass is 9.69. The summed E-state index contributed by atoms with van der Waals surface area (Å²) in [5.41, 5.74) is 0.358. The minimum Gasteiger partial charge on any atom is -0.465 e. The third-order valence-corrected chi connectivity index (χ3v) is 7.05. The average molecular weight is 478 g/mol. The summed E-state index contributed by atoms with van der Waals surface area (Å²) in [7, 11) is 0. The van der Waals surface area contributed by atoms with E-state index < -0.39 is 41.4 Å². The Balaban J connectivity index is 1.19. The number of rotatable bonds is 9. The van der Waals surface area contributed by atoms with Crippen molar-refractivity contribution in [2.24, 2.45) is 17.8 Å². The number of cyclic esters (lactones) is 2. The SMILES string of the molecule is O=C(CCCc1ccccc1)OCC1CC2(COC(=O)c3ccccc3)OC1C1C(=O)OC(=O)C12. The monoisotopic (exact) mass is 478 g/mol. The maximum absolute atomic E-state index is 12.5. The zero-order chi connectivity index (χ0) is 24.4. The summed E-state index contributed by atoms with van der Waals surface area (Å²) < 4.78 is 22.0. The average Bonchev–Trinajstić information content (AvgIpc) is 3.51. The molecule has 0 saturated carbocycles. The molecule has 0 radical (unpaired) electrons. The summed E-state index contributed by atoms with van der Waals surface area (Å²) in [4.78, 5) is 49.6. The van der Waals surface area contributed by atoms with E-state index in [4.69, 9.17) is 18.9 Å². The first-order valence-corrected chi connectivity index (χ1v) is 11.8. The van der Waals surface area contributed by atoms with Gasteiger partial charge in [0.1, 0.15) is 24.0 Å². The Morgan fingerprint density at radius 3 is 2.40 bits per heavy atom. The summed E-state index contributed by atoms with van der Waals surface area (Å²) in [5.74, 6) is -4.09. The number of hydrogen-bond acceptors (Lipinski definition) is 8. The van der Waals surface area contributed by atoms with Crippen LogP contribution in [-0.2, 0) is 39.8 Å². The van der Waals surface area contributed by atoms with Gasteiger partial charge in [-0.05, 0) is 37.0 Å². The van der Waals surface area contributed by atoms with Crippen LogP contribution in [-0.4, -0.2) is 48.8 Å². The number of benzene rings is 2. The van der Waals surface area contributed by atoms with Crippen LogP contribution in [0.3, 0.4) is 0 Å². The molecule has 8 nitrogen and oxygen atoms in total. The third-order valence-electron chi connectivity index (χ3n) is 7.05. The van der Waals surface area contributed by atoms with Crippen molar-refractivity contribution in [1.82, 2.24) is 0 Å². The Labute approximate surface area is 202 Å². The second-order valence-corrected chi connectivity index (χ2v) is 9.32. The number of carbonyl (C=O) groups excluding carboxylic acids is 4. The van der Waals surface area contributed by atoms with Crippen LogP contribution in [0, 0.1) is 17.8 Å². The molecule has 5 rings (SSSR count). The van der Waals surface area contributed by atoms with E-state index in [1.54, 1.807) is 30.3 Å². The summed E-state index contributed by atoms with van der Waals surface area (Å²) in [6.45, 7) is -0.129. The van der Waals surface area contributed by atoms with E-state index in [-0.39, 0.29) is 31.5 Å². The second kappa shape index (κ2) is 9.62. The van der Waals surface area contributed by atoms with Gasteiger partial charge in [0, 0.05) is 12.3 Å². The van der Waals surface area contributed by atoms with Gasteiger partial charge in [0.25, 0.3) is 0 Å². The van der Waals surface area contributed by atoms with Gasteiger partial charge < -0.3 is 18.9 Å². The van der Waals surface area contributed by atoms with Crippen molar-refractivity contribution in [2.45, 2.75) is 37.4 Å². The van der Waals surface area contributed by atoms with E-state index in [1.807, 2.05) is 30.3 Å². The standard InChI is InChI=1S/C27H26O8/c28-20(13-7-10-17-8-3-1-4-9-17)32-15-19-14-27(16-33-24(29)18-11-5-2-6-12-18)22-21(23(19)35-27)25(30)34-26(22)31/h1-6,8-9,11-12,19,21-23H,7,10,13-16H2. The van der Waals surface area contributed by atoms with Crippen LogP contribution in [0.2, 0.25) is 0 Å². The molecule has 0 N–H and O–H groups in total. The molecule has 3 heterocycles. The zero-order valence-corrected chi connectivity index (χ0v) is 19.1. The Kier molecular flexibility index (Phi) is 6.38. The first-order valence-electron chi connectivity index (χ1n) is 11.8. The number of fused-ring (bicyclic) bond motifs is 5. The van der Waals surface area contributed by atoms with Gasteiger partial charge in [0.05, 0.1) is 18.3 Å². The normalized spacial score (nSPS) is 28.5. The molecule has 3 aliphatic rings. The largest absolute Gasteiger partial charge is 0.465 e. The molecular weight excluding hydrogens is 452 g/mol. The molecule has 5 atom stereocenters. The molecule has 0 aromatic heterocycles. The Hall–Kier alpha value is -3.52. The number of aryl methyl sites for hydroxylation is 1. The number of ether oxygens (including phenoxy) is 4. The highest BCUT2D eigenvalue weighted by atomic mass is 16.6. The van der Waals surface area contributed by atoms with Crippen LogP contribution in [0.4, 0.5) is 0 Å². The lowest BCUT2D eigenvalue weighted by Crippen LogP contribution is -2.47. The molecule has 5 unspecified atom stereocenters. The molecule has 8 heteroatoms. The molecular formula is C27H26O8. The van der Waals surface area contributed by atoms with Crippen molar-refractivity contribution in [2.75, 3.05) is 13.2 Å². The molecule has 0 amide bonds. The quantitative estimate of drug-likeness (QED) is 0.308. The van der Waals surface area contributed by atoms with E-state index in [0.717, 1.165) is 12.0 Å². The molecule has 3 fully saturated rings. The third kappa shape index (κ3) is 4.58. The van der Waals surface area contributed by atoms with E-state index in [9.17, 15) is 19.2 Å². The fraction of sp³-hybridized carbons (Fsp3) is 0.407. The summed E-state index contributed by atoms with van der Waals surface area (Å²) >= 11 is 0. The predicted octanol–water partition coefficient (Wildman–Crippen LogP) is 2.88. The van der Waals surface area contributed by atoms with Crippen molar-refractivity contribution in [3.05, 3.63) is 71.8 Å². The fourth-order valence-corrected chi connectivity index (χ4v) is 5.46. The highest BCUT2D eigenvalue weighted by Crippen LogP contribution is 2.57. The molecule has 0 spiro atoms. The first-order chi connectivity index (χ1) is 17.0. The molecule has 2 bridgehead atoms. The molecule has 182 valence electrons. The van der Waals surface area contributed by atoms with Gasteiger partial charge in [0.15, 0.2) is 0 Å². The van der Waals surface area contributed by atoms with Crippen molar-refractivity contribution in [1.29, 1.82) is 0 Å². The van der Waals surface area contributed by atoms with Gasteiger partial charge in [-0.15, -0.1) is 0 Å². The van der Waals surface area contributed by atoms with Gasteiger partial charge in [-0.1, -0.05) is 48.5 Å². The van der Waals surface area contributed by atoms with Crippen LogP contribution in [0.1, 0.15) is 35.2 Å². The van der Waals surface area contributed by atoms with Gasteiger partial charge in [-0.3, -0.25) is 14.4 Å². The number of hydrogen-bond donors (Lipinski definition) is 0. The molecule has 0 aliphatic carbocycles. The van der Waals surface area contributed by atoms with Crippen LogP contribution in [0.25, 0.3) is 0 Å². The Morgan fingerprint density at radius 2 is 1.66 bits per heavy atom. The van der Waals surface area contributed by atoms with E-state index in [1.165, 1.54) is 0 Å². The Morgan fingerprint density at radius 1 is 0.943 bits per heavy atom. The minimum atomic E-state index is -1.17. The molecule has 3 aliphatic heterocycles. The maximum Gasteiger partial charge on any atom is 0.338 e. The lowest BCUT2D eigenvalue weighted by molar-refractivity contribution is -0.160. The van der Waals surface area contributed by atoms with Gasteiger partial charge in [-0.2, -0.15) is 0 Å².